The van der Waals surface area contributed by atoms with Crippen LogP contribution in [0.3, 0.4) is 0 Å². The second-order valence-corrected chi connectivity index (χ2v) is 7.96. The lowest BCUT2D eigenvalue weighted by Gasteiger charge is -2.32. The smallest absolute Gasteiger partial charge is 0.160 e. The molecule has 1 unspecified atom stereocenters. The maximum Gasteiger partial charge on any atom is 0.160 e. The third kappa shape index (κ3) is 3.40. The molecule has 1 aromatic carbocycles. The standard InChI is InChI=1S/C18H24N6S/c1-12-10-24(9-8-19-12)18-16(22-15(25-18)11-23(2)3)17-20-13-6-4-5-7-14(13)21-17/h4-7,12,19H,8-11H2,1-3H3,(H,20,21). The van der Waals surface area contributed by atoms with Gasteiger partial charge < -0.3 is 20.1 Å². The number of aromatic amines is 1. The van der Waals surface area contributed by atoms with E-state index in [9.17, 15) is 0 Å². The van der Waals surface area contributed by atoms with Crippen LogP contribution >= 0.6 is 11.3 Å². The van der Waals surface area contributed by atoms with Crippen LogP contribution in [0.25, 0.3) is 22.6 Å². The van der Waals surface area contributed by atoms with Crippen molar-refractivity contribution in [1.82, 2.24) is 25.2 Å². The highest BCUT2D eigenvalue weighted by molar-refractivity contribution is 7.16. The number of benzene rings is 1. The van der Waals surface area contributed by atoms with Crippen LogP contribution in [0.1, 0.15) is 11.9 Å². The number of aromatic nitrogens is 3. The van der Waals surface area contributed by atoms with Crippen LogP contribution in [0.5, 0.6) is 0 Å². The van der Waals surface area contributed by atoms with Crippen molar-refractivity contribution in [3.05, 3.63) is 29.3 Å². The van der Waals surface area contributed by atoms with Gasteiger partial charge in [-0.05, 0) is 33.2 Å². The van der Waals surface area contributed by atoms with Gasteiger partial charge >= 0.3 is 0 Å². The van der Waals surface area contributed by atoms with E-state index in [-0.39, 0.29) is 0 Å². The lowest BCUT2D eigenvalue weighted by molar-refractivity contribution is 0.401. The van der Waals surface area contributed by atoms with Crippen molar-refractivity contribution in [2.24, 2.45) is 0 Å². The molecule has 4 rings (SSSR count). The van der Waals surface area contributed by atoms with E-state index in [1.807, 2.05) is 18.2 Å². The third-order valence-corrected chi connectivity index (χ3v) is 5.48. The number of rotatable bonds is 4. The summed E-state index contributed by atoms with van der Waals surface area (Å²) in [6.07, 6.45) is 0. The van der Waals surface area contributed by atoms with Crippen molar-refractivity contribution in [1.29, 1.82) is 0 Å². The molecular formula is C18H24N6S. The Morgan fingerprint density at radius 3 is 2.88 bits per heavy atom. The van der Waals surface area contributed by atoms with Crippen LogP contribution in [0.2, 0.25) is 0 Å². The van der Waals surface area contributed by atoms with Crippen LogP contribution in [-0.4, -0.2) is 59.6 Å². The Labute approximate surface area is 151 Å². The number of fused-ring (bicyclic) bond motifs is 1. The molecule has 0 radical (unpaired) electrons. The Balaban J connectivity index is 1.77. The molecule has 6 nitrogen and oxygen atoms in total. The Bertz CT molecular complexity index is 834. The summed E-state index contributed by atoms with van der Waals surface area (Å²) >= 11 is 1.79. The van der Waals surface area contributed by atoms with Crippen molar-refractivity contribution in [3.8, 4) is 11.5 Å². The van der Waals surface area contributed by atoms with E-state index in [2.05, 4.69) is 47.2 Å². The lowest BCUT2D eigenvalue weighted by atomic mass is 10.2. The molecule has 1 fully saturated rings. The number of anilines is 1. The van der Waals surface area contributed by atoms with Gasteiger partial charge in [-0.1, -0.05) is 23.5 Å². The molecule has 3 aromatic rings. The maximum absolute atomic E-state index is 4.94. The van der Waals surface area contributed by atoms with E-state index in [1.165, 1.54) is 5.00 Å². The monoisotopic (exact) mass is 356 g/mol. The fourth-order valence-corrected chi connectivity index (χ4v) is 4.46. The summed E-state index contributed by atoms with van der Waals surface area (Å²) in [5.74, 6) is 0.864. The summed E-state index contributed by atoms with van der Waals surface area (Å²) in [4.78, 5) is 17.8. The average molecular weight is 356 g/mol. The van der Waals surface area contributed by atoms with Crippen molar-refractivity contribution in [2.45, 2.75) is 19.5 Å². The number of H-pyrrole nitrogens is 1. The molecule has 3 heterocycles. The molecule has 0 spiro atoms. The molecule has 0 bridgehead atoms. The van der Waals surface area contributed by atoms with Gasteiger partial charge in [0.2, 0.25) is 0 Å². The highest BCUT2D eigenvalue weighted by Gasteiger charge is 2.24. The van der Waals surface area contributed by atoms with Gasteiger partial charge in [0.1, 0.15) is 15.7 Å². The average Bonchev–Trinajstić information content (AvgIpc) is 3.17. The Hall–Kier alpha value is -1.96. The molecule has 0 saturated carbocycles. The summed E-state index contributed by atoms with van der Waals surface area (Å²) in [7, 11) is 4.16. The van der Waals surface area contributed by atoms with Gasteiger partial charge in [0.05, 0.1) is 11.0 Å². The summed E-state index contributed by atoms with van der Waals surface area (Å²) < 4.78 is 0. The van der Waals surface area contributed by atoms with Crippen molar-refractivity contribution >= 4 is 27.4 Å². The molecule has 1 aliphatic rings. The second kappa shape index (κ2) is 6.74. The second-order valence-electron chi connectivity index (χ2n) is 6.90. The number of nitrogens with zero attached hydrogens (tertiary/aromatic N) is 4. The highest BCUT2D eigenvalue weighted by Crippen LogP contribution is 2.36. The van der Waals surface area contributed by atoms with Crippen LogP contribution in [0.15, 0.2) is 24.3 Å². The van der Waals surface area contributed by atoms with Gasteiger partial charge in [-0.15, -0.1) is 0 Å². The molecule has 132 valence electrons. The fourth-order valence-electron chi connectivity index (χ4n) is 3.24. The summed E-state index contributed by atoms with van der Waals surface area (Å²) in [5.41, 5.74) is 3.02. The Kier molecular flexibility index (Phi) is 4.45. The van der Waals surface area contributed by atoms with E-state index in [4.69, 9.17) is 9.97 Å². The number of piperazine rings is 1. The number of para-hydroxylation sites is 2. The topological polar surface area (TPSA) is 60.1 Å². The zero-order chi connectivity index (χ0) is 17.4. The number of hydrogen-bond acceptors (Lipinski definition) is 6. The first-order valence-electron chi connectivity index (χ1n) is 8.68. The highest BCUT2D eigenvalue weighted by atomic mass is 32.1. The molecule has 0 aliphatic carbocycles. The van der Waals surface area contributed by atoms with Crippen molar-refractivity contribution in [2.75, 3.05) is 38.6 Å². The van der Waals surface area contributed by atoms with Gasteiger partial charge in [0.15, 0.2) is 5.82 Å². The molecule has 1 atom stereocenters. The predicted molar refractivity (Wildman–Crippen MR) is 104 cm³/mol. The maximum atomic E-state index is 4.94. The van der Waals surface area contributed by atoms with Crippen LogP contribution in [0.4, 0.5) is 5.00 Å². The minimum atomic E-state index is 0.483. The molecule has 2 aromatic heterocycles. The predicted octanol–water partition coefficient (Wildman–Crippen LogP) is 2.55. The zero-order valence-corrected chi connectivity index (χ0v) is 15.7. The van der Waals surface area contributed by atoms with Crippen molar-refractivity contribution < 1.29 is 0 Å². The molecule has 1 aliphatic heterocycles. The quantitative estimate of drug-likeness (QED) is 0.752. The largest absolute Gasteiger partial charge is 0.359 e. The molecule has 0 amide bonds. The van der Waals surface area contributed by atoms with Gasteiger partial charge in [-0.3, -0.25) is 0 Å². The first-order valence-corrected chi connectivity index (χ1v) is 9.49. The van der Waals surface area contributed by atoms with Crippen LogP contribution < -0.4 is 10.2 Å². The number of hydrogen-bond donors (Lipinski definition) is 2. The zero-order valence-electron chi connectivity index (χ0n) is 14.9. The van der Waals surface area contributed by atoms with Gasteiger partial charge in [0.25, 0.3) is 0 Å². The van der Waals surface area contributed by atoms with E-state index in [1.54, 1.807) is 11.3 Å². The SMILES string of the molecule is CC1CN(c2sc(CN(C)C)nc2-c2nc3ccccc3[nH]2)CCN1. The van der Waals surface area contributed by atoms with E-state index in [0.717, 1.165) is 53.7 Å². The molecule has 1 saturated heterocycles. The third-order valence-electron chi connectivity index (χ3n) is 4.37. The molecular weight excluding hydrogens is 332 g/mol. The van der Waals surface area contributed by atoms with E-state index in [0.29, 0.717) is 6.04 Å². The summed E-state index contributed by atoms with van der Waals surface area (Å²) in [5, 5.41) is 5.87. The molecule has 7 heteroatoms. The summed E-state index contributed by atoms with van der Waals surface area (Å²) in [6.45, 7) is 6.08. The number of imidazole rings is 1. The summed E-state index contributed by atoms with van der Waals surface area (Å²) in [6, 6.07) is 8.63. The van der Waals surface area contributed by atoms with Crippen LogP contribution in [-0.2, 0) is 6.54 Å². The van der Waals surface area contributed by atoms with Gasteiger partial charge in [-0.25, -0.2) is 9.97 Å². The fraction of sp³-hybridized carbons (Fsp3) is 0.444. The van der Waals surface area contributed by atoms with Gasteiger partial charge in [0, 0.05) is 32.2 Å². The number of nitrogens with one attached hydrogen (secondary N) is 2. The lowest BCUT2D eigenvalue weighted by Crippen LogP contribution is -2.49. The first-order chi connectivity index (χ1) is 12.1. The first kappa shape index (κ1) is 16.5. The Morgan fingerprint density at radius 2 is 2.12 bits per heavy atom. The molecule has 2 N–H and O–H groups in total. The van der Waals surface area contributed by atoms with Gasteiger partial charge in [-0.2, -0.15) is 0 Å². The minimum Gasteiger partial charge on any atom is -0.359 e. The van der Waals surface area contributed by atoms with E-state index >= 15 is 0 Å². The normalized spacial score (nSPS) is 18.4. The van der Waals surface area contributed by atoms with Crippen LogP contribution in [0, 0.1) is 0 Å². The minimum absolute atomic E-state index is 0.483. The Morgan fingerprint density at radius 1 is 1.28 bits per heavy atom. The van der Waals surface area contributed by atoms with Crippen molar-refractivity contribution in [3.63, 3.8) is 0 Å². The van der Waals surface area contributed by atoms with E-state index < -0.39 is 0 Å². The number of thiazole rings is 1. The molecule has 25 heavy (non-hydrogen) atoms.